The quantitative estimate of drug-likeness (QED) is 0.270. The van der Waals surface area contributed by atoms with Crippen molar-refractivity contribution in [2.24, 2.45) is 5.92 Å². The fourth-order valence-electron chi connectivity index (χ4n) is 5.81. The van der Waals surface area contributed by atoms with Crippen LogP contribution in [0.15, 0.2) is 84.9 Å². The largest absolute Gasteiger partial charge is 0.377 e. The number of carbonyl (C=O) groups excluding carboxylic acids is 1. The van der Waals surface area contributed by atoms with E-state index in [1.807, 2.05) is 12.1 Å². The van der Waals surface area contributed by atoms with Crippen LogP contribution < -0.4 is 10.6 Å². The average Bonchev–Trinajstić information content (AvgIpc) is 3.35. The van der Waals surface area contributed by atoms with E-state index in [9.17, 15) is 4.79 Å². The number of rotatable bonds is 4. The van der Waals surface area contributed by atoms with Gasteiger partial charge in [-0.05, 0) is 63.6 Å². The summed E-state index contributed by atoms with van der Waals surface area (Å²) in [6.45, 7) is 2.76. The van der Waals surface area contributed by atoms with Crippen LogP contribution in [-0.2, 0) is 0 Å². The van der Waals surface area contributed by atoms with Gasteiger partial charge in [-0.15, -0.1) is 0 Å². The predicted molar refractivity (Wildman–Crippen MR) is 137 cm³/mol. The van der Waals surface area contributed by atoms with Gasteiger partial charge in [0.1, 0.15) is 0 Å². The highest BCUT2D eigenvalue weighted by Gasteiger charge is 2.40. The summed E-state index contributed by atoms with van der Waals surface area (Å²) in [6.07, 6.45) is 6.62. The number of amides is 1. The Kier molecular flexibility index (Phi) is 4.91. The molecule has 6 rings (SSSR count). The van der Waals surface area contributed by atoms with Gasteiger partial charge < -0.3 is 10.6 Å². The number of anilines is 1. The molecule has 0 fully saturated rings. The van der Waals surface area contributed by atoms with Gasteiger partial charge >= 0.3 is 0 Å². The first-order valence-electron chi connectivity index (χ1n) is 12.0. The Labute approximate surface area is 194 Å². The van der Waals surface area contributed by atoms with Gasteiger partial charge in [0.15, 0.2) is 0 Å². The molecule has 0 saturated heterocycles. The van der Waals surface area contributed by atoms with Crippen molar-refractivity contribution in [1.82, 2.24) is 5.32 Å². The van der Waals surface area contributed by atoms with Gasteiger partial charge in [0, 0.05) is 12.5 Å². The number of hydrogen-bond donors (Lipinski definition) is 2. The third kappa shape index (κ3) is 3.22. The summed E-state index contributed by atoms with van der Waals surface area (Å²) in [7, 11) is 0. The maximum Gasteiger partial charge on any atom is 0.253 e. The van der Waals surface area contributed by atoms with E-state index in [4.69, 9.17) is 0 Å². The van der Waals surface area contributed by atoms with Gasteiger partial charge in [-0.2, -0.15) is 0 Å². The summed E-state index contributed by atoms with van der Waals surface area (Å²) < 4.78 is 0. The van der Waals surface area contributed by atoms with Crippen LogP contribution in [0.4, 0.5) is 5.69 Å². The first kappa shape index (κ1) is 20.0. The second-order valence-corrected chi connectivity index (χ2v) is 9.23. The molecule has 0 radical (unpaired) electrons. The molecule has 164 valence electrons. The molecule has 3 heteroatoms. The Morgan fingerprint density at radius 3 is 2.42 bits per heavy atom. The van der Waals surface area contributed by atoms with E-state index in [1.165, 1.54) is 32.7 Å². The van der Waals surface area contributed by atoms with Crippen LogP contribution in [-0.4, -0.2) is 12.5 Å². The SMILES string of the molecule is CCCNC(=O)c1cccc2c1NC(c1c3ccccc3cc3ccccc13)C1CC=CC21. The molecule has 2 aliphatic rings. The summed E-state index contributed by atoms with van der Waals surface area (Å²) in [5, 5.41) is 12.1. The van der Waals surface area contributed by atoms with E-state index < -0.39 is 0 Å². The molecule has 1 heterocycles. The molecule has 33 heavy (non-hydrogen) atoms. The number of fused-ring (bicyclic) bond motifs is 5. The van der Waals surface area contributed by atoms with Crippen LogP contribution in [0.2, 0.25) is 0 Å². The van der Waals surface area contributed by atoms with E-state index in [0.29, 0.717) is 18.4 Å². The van der Waals surface area contributed by atoms with Crippen molar-refractivity contribution in [3.63, 3.8) is 0 Å². The molecule has 3 nitrogen and oxygen atoms in total. The fourth-order valence-corrected chi connectivity index (χ4v) is 5.81. The molecule has 1 aliphatic carbocycles. The number of carbonyl (C=O) groups is 1. The minimum Gasteiger partial charge on any atom is -0.377 e. The third-order valence-corrected chi connectivity index (χ3v) is 7.30. The molecule has 3 atom stereocenters. The number of nitrogens with one attached hydrogen (secondary N) is 2. The summed E-state index contributed by atoms with van der Waals surface area (Å²) >= 11 is 0. The fraction of sp³-hybridized carbons (Fsp3) is 0.233. The zero-order valence-electron chi connectivity index (χ0n) is 18.8. The topological polar surface area (TPSA) is 41.1 Å². The smallest absolute Gasteiger partial charge is 0.253 e. The number of para-hydroxylation sites is 1. The Morgan fingerprint density at radius 2 is 1.70 bits per heavy atom. The first-order valence-corrected chi connectivity index (χ1v) is 12.0. The normalized spacial score (nSPS) is 20.9. The van der Waals surface area contributed by atoms with E-state index in [1.54, 1.807) is 0 Å². The lowest BCUT2D eigenvalue weighted by atomic mass is 9.74. The third-order valence-electron chi connectivity index (χ3n) is 7.30. The maximum atomic E-state index is 13.1. The van der Waals surface area contributed by atoms with Crippen LogP contribution >= 0.6 is 0 Å². The summed E-state index contributed by atoms with van der Waals surface area (Å²) in [6, 6.07) is 25.9. The molecule has 0 saturated carbocycles. The lowest BCUT2D eigenvalue weighted by molar-refractivity contribution is 0.0954. The average molecular weight is 433 g/mol. The standard InChI is InChI=1S/C30H28N2O/c1-2-17-31-30(33)26-16-8-14-24-23-13-7-15-25(23)29(32-28(24)26)27-21-11-5-3-9-19(21)18-20-10-4-6-12-22(20)27/h3-14,16,18,23,25,29,32H,2,15,17H2,1H3,(H,31,33). The van der Waals surface area contributed by atoms with Gasteiger partial charge in [-0.25, -0.2) is 0 Å². The Morgan fingerprint density at radius 1 is 0.970 bits per heavy atom. The number of allylic oxidation sites excluding steroid dienone is 2. The van der Waals surface area contributed by atoms with E-state index in [2.05, 4.69) is 90.4 Å². The monoisotopic (exact) mass is 432 g/mol. The molecule has 2 N–H and O–H groups in total. The van der Waals surface area contributed by atoms with Crippen molar-refractivity contribution in [3.8, 4) is 0 Å². The molecule has 0 bridgehead atoms. The van der Waals surface area contributed by atoms with Gasteiger partial charge in [-0.3, -0.25) is 4.79 Å². The number of hydrogen-bond acceptors (Lipinski definition) is 2. The van der Waals surface area contributed by atoms with Crippen molar-refractivity contribution in [2.75, 3.05) is 11.9 Å². The minimum atomic E-state index is 0.00292. The summed E-state index contributed by atoms with van der Waals surface area (Å²) in [5.41, 5.74) is 4.31. The van der Waals surface area contributed by atoms with Crippen molar-refractivity contribution in [2.45, 2.75) is 31.7 Å². The Hall–Kier alpha value is -3.59. The Balaban J connectivity index is 1.57. The summed E-state index contributed by atoms with van der Waals surface area (Å²) in [4.78, 5) is 13.1. The second kappa shape index (κ2) is 8.08. The zero-order valence-corrected chi connectivity index (χ0v) is 18.8. The van der Waals surface area contributed by atoms with Crippen LogP contribution in [0.25, 0.3) is 21.5 Å². The van der Waals surface area contributed by atoms with Crippen LogP contribution in [0.5, 0.6) is 0 Å². The molecule has 1 amide bonds. The highest BCUT2D eigenvalue weighted by Crippen LogP contribution is 2.52. The van der Waals surface area contributed by atoms with E-state index in [0.717, 1.165) is 24.1 Å². The van der Waals surface area contributed by atoms with Gasteiger partial charge in [-0.1, -0.05) is 79.7 Å². The molecule has 4 aromatic rings. The number of benzene rings is 4. The molecular formula is C30H28N2O. The van der Waals surface area contributed by atoms with E-state index in [-0.39, 0.29) is 11.9 Å². The molecule has 0 aromatic heterocycles. The first-order chi connectivity index (χ1) is 16.3. The highest BCUT2D eigenvalue weighted by atomic mass is 16.1. The van der Waals surface area contributed by atoms with Crippen molar-refractivity contribution < 1.29 is 4.79 Å². The lowest BCUT2D eigenvalue weighted by Crippen LogP contribution is -2.32. The van der Waals surface area contributed by atoms with Gasteiger partial charge in [0.25, 0.3) is 5.91 Å². The minimum absolute atomic E-state index is 0.00292. The Bertz CT molecular complexity index is 1350. The molecule has 1 aliphatic heterocycles. The van der Waals surface area contributed by atoms with Gasteiger partial charge in [0.2, 0.25) is 0 Å². The second-order valence-electron chi connectivity index (χ2n) is 9.23. The maximum absolute atomic E-state index is 13.1. The van der Waals surface area contributed by atoms with Crippen LogP contribution in [0, 0.1) is 5.92 Å². The van der Waals surface area contributed by atoms with E-state index >= 15 is 0 Å². The molecular weight excluding hydrogens is 404 g/mol. The lowest BCUT2D eigenvalue weighted by Gasteiger charge is -2.39. The van der Waals surface area contributed by atoms with Gasteiger partial charge in [0.05, 0.1) is 17.3 Å². The predicted octanol–water partition coefficient (Wildman–Crippen LogP) is 6.96. The van der Waals surface area contributed by atoms with Crippen LogP contribution in [0.3, 0.4) is 0 Å². The van der Waals surface area contributed by atoms with Crippen molar-refractivity contribution in [3.05, 3.63) is 102 Å². The molecule has 3 unspecified atom stereocenters. The molecule has 0 spiro atoms. The van der Waals surface area contributed by atoms with Crippen LogP contribution in [0.1, 0.15) is 53.2 Å². The molecule has 4 aromatic carbocycles. The zero-order chi connectivity index (χ0) is 22.4. The van der Waals surface area contributed by atoms with Crippen molar-refractivity contribution >= 4 is 33.1 Å². The highest BCUT2D eigenvalue weighted by molar-refractivity contribution is 6.04. The van der Waals surface area contributed by atoms with Crippen molar-refractivity contribution in [1.29, 1.82) is 0 Å². The summed E-state index contributed by atoms with van der Waals surface area (Å²) in [5.74, 6) is 0.728.